The van der Waals surface area contributed by atoms with Crippen LogP contribution in [0.5, 0.6) is 0 Å². The van der Waals surface area contributed by atoms with Crippen molar-refractivity contribution < 1.29 is 13.6 Å². The van der Waals surface area contributed by atoms with E-state index < -0.39 is 8.60 Å². The predicted molar refractivity (Wildman–Crippen MR) is 374 cm³/mol. The molecule has 0 amide bonds. The minimum absolute atomic E-state index is 0.795. The predicted octanol–water partition coefficient (Wildman–Crippen LogP) is 30.4. The first-order valence-electron chi connectivity index (χ1n) is 39.5. The number of hydrogen-bond acceptors (Lipinski definition) is 3. The summed E-state index contributed by atoms with van der Waals surface area (Å²) in [4.78, 5) is 0. The van der Waals surface area contributed by atoms with E-state index in [-0.39, 0.29) is 0 Å². The van der Waals surface area contributed by atoms with Gasteiger partial charge in [-0.2, -0.15) is 0 Å². The highest BCUT2D eigenvalue weighted by molar-refractivity contribution is 7.41. The van der Waals surface area contributed by atoms with Crippen molar-refractivity contribution in [1.29, 1.82) is 0 Å². The second-order valence-electron chi connectivity index (χ2n) is 27.1. The third kappa shape index (κ3) is 76.4. The molecule has 0 spiro atoms. The Balaban J connectivity index is 4.00. The van der Waals surface area contributed by atoms with Crippen molar-refractivity contribution in [2.45, 2.75) is 483 Å². The summed E-state index contributed by atoms with van der Waals surface area (Å²) in [5.41, 5.74) is 0. The topological polar surface area (TPSA) is 27.7 Å². The number of rotatable bonds is 78. The van der Waals surface area contributed by atoms with Crippen LogP contribution in [0.4, 0.5) is 0 Å². The van der Waals surface area contributed by atoms with Gasteiger partial charge < -0.3 is 13.6 Å². The van der Waals surface area contributed by atoms with E-state index in [1.165, 1.54) is 443 Å². The summed E-state index contributed by atoms with van der Waals surface area (Å²) in [7, 11) is -1.21. The van der Waals surface area contributed by atoms with E-state index in [2.05, 4.69) is 20.8 Å². The van der Waals surface area contributed by atoms with E-state index in [0.717, 1.165) is 39.1 Å². The van der Waals surface area contributed by atoms with Crippen LogP contribution >= 0.6 is 8.60 Å². The lowest BCUT2D eigenvalue weighted by Gasteiger charge is -2.17. The molecule has 0 radical (unpaired) electrons. The first-order chi connectivity index (χ1) is 40.8. The SMILES string of the molecule is CCCCCCCCCCCCCCCCCCCCCCCCCCOP(OCCCCCCCCCCCCCCCCCCCCCCCCCC)OCCCCCCCCCCCCCCCCCCCCCCCCCC. The molecule has 0 rings (SSSR count). The molecule has 0 saturated carbocycles. The molecular weight excluding hydrogens is 1020 g/mol. The lowest BCUT2D eigenvalue weighted by atomic mass is 10.0. The third-order valence-electron chi connectivity index (χ3n) is 18.6. The Morgan fingerprint density at radius 3 is 0.305 bits per heavy atom. The number of hydrogen-bond donors (Lipinski definition) is 0. The van der Waals surface area contributed by atoms with Gasteiger partial charge in [0, 0.05) is 0 Å². The van der Waals surface area contributed by atoms with E-state index in [1.54, 1.807) is 0 Å². The molecule has 3 nitrogen and oxygen atoms in total. The van der Waals surface area contributed by atoms with Crippen LogP contribution in [-0.2, 0) is 13.6 Å². The van der Waals surface area contributed by atoms with Gasteiger partial charge in [-0.15, -0.1) is 0 Å². The molecule has 4 heteroatoms. The van der Waals surface area contributed by atoms with Crippen molar-refractivity contribution >= 4 is 8.60 Å². The summed E-state index contributed by atoms with van der Waals surface area (Å²) in [6, 6.07) is 0. The molecule has 0 heterocycles. The molecule has 0 N–H and O–H groups in total. The molecule has 494 valence electrons. The van der Waals surface area contributed by atoms with Crippen LogP contribution in [-0.4, -0.2) is 19.8 Å². The Labute approximate surface area is 522 Å². The molecule has 0 aliphatic carbocycles. The van der Waals surface area contributed by atoms with Crippen LogP contribution in [0.3, 0.4) is 0 Å². The summed E-state index contributed by atoms with van der Waals surface area (Å²) in [5, 5.41) is 0. The smallest absolute Gasteiger partial charge is 0.312 e. The van der Waals surface area contributed by atoms with Gasteiger partial charge in [0.25, 0.3) is 0 Å². The van der Waals surface area contributed by atoms with Crippen LogP contribution in [0.1, 0.15) is 483 Å². The highest BCUT2D eigenvalue weighted by Gasteiger charge is 2.13. The second kappa shape index (κ2) is 79.3. The fourth-order valence-electron chi connectivity index (χ4n) is 12.7. The van der Waals surface area contributed by atoms with Crippen LogP contribution < -0.4 is 0 Å². The van der Waals surface area contributed by atoms with Gasteiger partial charge in [-0.1, -0.05) is 464 Å². The monoisotopic (exact) mass is 1180 g/mol. The van der Waals surface area contributed by atoms with Crippen LogP contribution in [0.25, 0.3) is 0 Å². The molecule has 0 aliphatic heterocycles. The summed E-state index contributed by atoms with van der Waals surface area (Å²) >= 11 is 0. The fraction of sp³-hybridized carbons (Fsp3) is 1.00. The number of unbranched alkanes of at least 4 members (excludes halogenated alkanes) is 69. The Bertz CT molecular complexity index is 925. The van der Waals surface area contributed by atoms with Crippen LogP contribution in [0, 0.1) is 0 Å². The molecule has 0 saturated heterocycles. The molecular formula is C78H159O3P. The average molecular weight is 1180 g/mol. The molecule has 0 atom stereocenters. The average Bonchev–Trinajstić information content (AvgIpc) is 3.48. The van der Waals surface area contributed by atoms with E-state index >= 15 is 0 Å². The van der Waals surface area contributed by atoms with Crippen molar-refractivity contribution in [2.75, 3.05) is 19.8 Å². The standard InChI is InChI=1S/C78H159O3P/c1-4-7-10-13-16-19-22-25-28-31-34-37-40-43-46-49-52-55-58-61-64-67-70-73-76-79-82(80-77-74-71-68-65-62-59-56-53-50-47-44-41-38-35-32-29-26-23-20-17-14-11-8-5-2)81-78-75-72-69-66-63-60-57-54-51-48-45-42-39-36-33-30-27-24-21-18-15-12-9-6-3/h4-78H2,1-3H3. The Kier molecular flexibility index (Phi) is 79.6. The first-order valence-corrected chi connectivity index (χ1v) is 40.6. The lowest BCUT2D eigenvalue weighted by molar-refractivity contribution is 0.153. The van der Waals surface area contributed by atoms with Crippen LogP contribution in [0.15, 0.2) is 0 Å². The van der Waals surface area contributed by atoms with E-state index in [1.807, 2.05) is 0 Å². The van der Waals surface area contributed by atoms with Gasteiger partial charge in [-0.25, -0.2) is 0 Å². The molecule has 0 aromatic heterocycles. The lowest BCUT2D eigenvalue weighted by Crippen LogP contribution is -2.00. The Morgan fingerprint density at radius 2 is 0.207 bits per heavy atom. The van der Waals surface area contributed by atoms with E-state index in [9.17, 15) is 0 Å². The van der Waals surface area contributed by atoms with E-state index in [0.29, 0.717) is 0 Å². The highest BCUT2D eigenvalue weighted by Crippen LogP contribution is 2.40. The van der Waals surface area contributed by atoms with Crippen molar-refractivity contribution in [3.63, 3.8) is 0 Å². The summed E-state index contributed by atoms with van der Waals surface area (Å²) in [6.07, 6.45) is 103. The molecule has 82 heavy (non-hydrogen) atoms. The molecule has 0 bridgehead atoms. The van der Waals surface area contributed by atoms with Crippen molar-refractivity contribution in [1.82, 2.24) is 0 Å². The minimum Gasteiger partial charge on any atom is -0.312 e. The van der Waals surface area contributed by atoms with Gasteiger partial charge in [-0.3, -0.25) is 0 Å². The summed E-state index contributed by atoms with van der Waals surface area (Å²) < 4.78 is 19.0. The molecule has 0 aromatic carbocycles. The maximum absolute atomic E-state index is 6.32. The van der Waals surface area contributed by atoms with Gasteiger partial charge in [0.1, 0.15) is 0 Å². The zero-order chi connectivity index (χ0) is 58.7. The van der Waals surface area contributed by atoms with E-state index in [4.69, 9.17) is 13.6 Å². The van der Waals surface area contributed by atoms with Gasteiger partial charge >= 0.3 is 8.60 Å². The van der Waals surface area contributed by atoms with Gasteiger partial charge in [0.15, 0.2) is 0 Å². The first kappa shape index (κ1) is 82.3. The largest absolute Gasteiger partial charge is 0.332 e. The van der Waals surface area contributed by atoms with Gasteiger partial charge in [0.2, 0.25) is 0 Å². The summed E-state index contributed by atoms with van der Waals surface area (Å²) in [5.74, 6) is 0. The normalized spacial score (nSPS) is 11.9. The zero-order valence-electron chi connectivity index (χ0n) is 57.7. The van der Waals surface area contributed by atoms with Crippen molar-refractivity contribution in [3.8, 4) is 0 Å². The minimum atomic E-state index is -1.21. The van der Waals surface area contributed by atoms with Crippen molar-refractivity contribution in [2.24, 2.45) is 0 Å². The molecule has 0 aromatic rings. The van der Waals surface area contributed by atoms with Crippen LogP contribution in [0.2, 0.25) is 0 Å². The Hall–Kier alpha value is 0.310. The summed E-state index contributed by atoms with van der Waals surface area (Å²) in [6.45, 7) is 9.33. The molecule has 0 aliphatic rings. The highest BCUT2D eigenvalue weighted by atomic mass is 31.2. The fourth-order valence-corrected chi connectivity index (χ4v) is 13.8. The maximum atomic E-state index is 6.32. The molecule has 0 fully saturated rings. The van der Waals surface area contributed by atoms with Crippen molar-refractivity contribution in [3.05, 3.63) is 0 Å². The molecule has 0 unspecified atom stereocenters. The van der Waals surface area contributed by atoms with Gasteiger partial charge in [0.05, 0.1) is 19.8 Å². The Morgan fingerprint density at radius 1 is 0.122 bits per heavy atom. The zero-order valence-corrected chi connectivity index (χ0v) is 58.6. The quantitative estimate of drug-likeness (QED) is 0.0449. The maximum Gasteiger partial charge on any atom is 0.332 e. The third-order valence-corrected chi connectivity index (χ3v) is 19.8. The van der Waals surface area contributed by atoms with Gasteiger partial charge in [-0.05, 0) is 19.3 Å². The second-order valence-corrected chi connectivity index (χ2v) is 28.3.